The van der Waals surface area contributed by atoms with Gasteiger partial charge in [0.2, 0.25) is 0 Å². The Kier molecular flexibility index (Phi) is 4.61. The van der Waals surface area contributed by atoms with Gasteiger partial charge in [0.25, 0.3) is 0 Å². The quantitative estimate of drug-likeness (QED) is 0.735. The third-order valence-corrected chi connectivity index (χ3v) is 4.32. The molecule has 0 aromatic carbocycles. The zero-order valence-corrected chi connectivity index (χ0v) is 11.2. The molecule has 102 valence electrons. The minimum Gasteiger partial charge on any atom is -0.345 e. The molecule has 2 fully saturated rings. The van der Waals surface area contributed by atoms with Crippen molar-refractivity contribution in [3.8, 4) is 0 Å². The lowest BCUT2D eigenvalue weighted by Gasteiger charge is -2.29. The molecule has 0 spiro atoms. The minimum absolute atomic E-state index is 0.181. The molecule has 0 aromatic rings. The average Bonchev–Trinajstić information content (AvgIpc) is 2.84. The smallest absolute Gasteiger partial charge is 0.309 e. The van der Waals surface area contributed by atoms with E-state index in [2.05, 4.69) is 17.6 Å². The van der Waals surface area contributed by atoms with Crippen LogP contribution in [-0.4, -0.2) is 23.9 Å². The Balaban J connectivity index is 1.77. The summed E-state index contributed by atoms with van der Waals surface area (Å²) in [5, 5.41) is 5.72. The molecule has 0 heterocycles. The van der Waals surface area contributed by atoms with Gasteiger partial charge in [-0.3, -0.25) is 9.59 Å². The van der Waals surface area contributed by atoms with Gasteiger partial charge in [0.05, 0.1) is 0 Å². The number of carbonyl (C=O) groups is 2. The Morgan fingerprint density at radius 2 is 1.39 bits per heavy atom. The minimum atomic E-state index is -0.445. The standard InChI is InChI=1S/C14H24N2O2/c1-10-6-2-5-9-12(10)16-14(18)13(17)15-11-7-3-4-8-11/h10-12H,2-9H2,1H3,(H,15,17)(H,16,18). The largest absolute Gasteiger partial charge is 0.345 e. The summed E-state index contributed by atoms with van der Waals surface area (Å²) in [4.78, 5) is 23.6. The third kappa shape index (κ3) is 3.47. The van der Waals surface area contributed by atoms with Crippen molar-refractivity contribution in [3.05, 3.63) is 0 Å². The monoisotopic (exact) mass is 252 g/mol. The SMILES string of the molecule is CC1CCCCC1NC(=O)C(=O)NC1CCCC1. The number of rotatable bonds is 2. The molecule has 2 amide bonds. The lowest BCUT2D eigenvalue weighted by Crippen LogP contribution is -2.49. The Bertz CT molecular complexity index is 311. The van der Waals surface area contributed by atoms with Gasteiger partial charge in [0.15, 0.2) is 0 Å². The summed E-state index contributed by atoms with van der Waals surface area (Å²) in [6.07, 6.45) is 8.89. The van der Waals surface area contributed by atoms with Gasteiger partial charge >= 0.3 is 11.8 Å². The molecule has 2 N–H and O–H groups in total. The molecule has 0 radical (unpaired) electrons. The van der Waals surface area contributed by atoms with E-state index < -0.39 is 11.8 Å². The van der Waals surface area contributed by atoms with E-state index in [1.807, 2.05) is 0 Å². The Morgan fingerprint density at radius 1 is 0.833 bits per heavy atom. The van der Waals surface area contributed by atoms with Crippen molar-refractivity contribution >= 4 is 11.8 Å². The Hall–Kier alpha value is -1.06. The molecule has 2 rings (SSSR count). The molecule has 4 nitrogen and oxygen atoms in total. The maximum absolute atomic E-state index is 11.8. The molecule has 2 aliphatic rings. The van der Waals surface area contributed by atoms with Crippen LogP contribution in [0.4, 0.5) is 0 Å². The van der Waals surface area contributed by atoms with E-state index in [1.165, 1.54) is 6.42 Å². The van der Waals surface area contributed by atoms with Gasteiger partial charge in [-0.2, -0.15) is 0 Å². The molecule has 0 bridgehead atoms. The lowest BCUT2D eigenvalue weighted by atomic mass is 9.86. The van der Waals surface area contributed by atoms with Crippen LogP contribution in [0.2, 0.25) is 0 Å². The van der Waals surface area contributed by atoms with E-state index in [0.29, 0.717) is 5.92 Å². The van der Waals surface area contributed by atoms with Crippen molar-refractivity contribution in [3.63, 3.8) is 0 Å². The zero-order chi connectivity index (χ0) is 13.0. The second-order valence-electron chi connectivity index (χ2n) is 5.80. The van der Waals surface area contributed by atoms with Gasteiger partial charge in [-0.05, 0) is 31.6 Å². The van der Waals surface area contributed by atoms with Gasteiger partial charge in [0.1, 0.15) is 0 Å². The maximum atomic E-state index is 11.8. The molecule has 2 saturated carbocycles. The summed E-state index contributed by atoms with van der Waals surface area (Å²) < 4.78 is 0. The summed E-state index contributed by atoms with van der Waals surface area (Å²) in [7, 11) is 0. The first kappa shape index (κ1) is 13.4. The first-order chi connectivity index (χ1) is 8.66. The third-order valence-electron chi connectivity index (χ3n) is 4.32. The average molecular weight is 252 g/mol. The highest BCUT2D eigenvalue weighted by Crippen LogP contribution is 2.23. The number of nitrogens with one attached hydrogen (secondary N) is 2. The summed E-state index contributed by atoms with van der Waals surface area (Å²) in [5.74, 6) is -0.401. The van der Waals surface area contributed by atoms with Crippen molar-refractivity contribution in [1.82, 2.24) is 10.6 Å². The highest BCUT2D eigenvalue weighted by molar-refractivity contribution is 6.35. The first-order valence-electron chi connectivity index (χ1n) is 7.28. The Labute approximate surface area is 109 Å². The topological polar surface area (TPSA) is 58.2 Å². The van der Waals surface area contributed by atoms with Crippen LogP contribution in [-0.2, 0) is 9.59 Å². The van der Waals surface area contributed by atoms with Gasteiger partial charge in [-0.25, -0.2) is 0 Å². The van der Waals surface area contributed by atoms with Crippen LogP contribution in [0.1, 0.15) is 58.3 Å². The van der Waals surface area contributed by atoms with Crippen molar-refractivity contribution in [2.45, 2.75) is 70.4 Å². The first-order valence-corrected chi connectivity index (χ1v) is 7.28. The predicted octanol–water partition coefficient (Wildman–Crippen LogP) is 1.74. The second-order valence-corrected chi connectivity index (χ2v) is 5.80. The fourth-order valence-corrected chi connectivity index (χ4v) is 3.09. The van der Waals surface area contributed by atoms with Gasteiger partial charge in [-0.15, -0.1) is 0 Å². The van der Waals surface area contributed by atoms with Crippen LogP contribution in [0.5, 0.6) is 0 Å². The molecule has 0 aliphatic heterocycles. The summed E-state index contributed by atoms with van der Waals surface area (Å²) >= 11 is 0. The van der Waals surface area contributed by atoms with E-state index in [9.17, 15) is 9.59 Å². The lowest BCUT2D eigenvalue weighted by molar-refractivity contribution is -0.140. The fourth-order valence-electron chi connectivity index (χ4n) is 3.09. The maximum Gasteiger partial charge on any atom is 0.309 e. The number of amides is 2. The molecule has 2 atom stereocenters. The molecular weight excluding hydrogens is 228 g/mol. The molecular formula is C14H24N2O2. The van der Waals surface area contributed by atoms with Crippen molar-refractivity contribution in [2.24, 2.45) is 5.92 Å². The highest BCUT2D eigenvalue weighted by Gasteiger charge is 2.27. The Morgan fingerprint density at radius 3 is 2.06 bits per heavy atom. The molecule has 4 heteroatoms. The zero-order valence-electron chi connectivity index (χ0n) is 11.2. The normalized spacial score (nSPS) is 28.9. The van der Waals surface area contributed by atoms with Crippen LogP contribution < -0.4 is 10.6 Å². The van der Waals surface area contributed by atoms with E-state index in [4.69, 9.17) is 0 Å². The van der Waals surface area contributed by atoms with Gasteiger partial charge in [0, 0.05) is 12.1 Å². The van der Waals surface area contributed by atoms with Crippen LogP contribution >= 0.6 is 0 Å². The van der Waals surface area contributed by atoms with Crippen LogP contribution in [0.3, 0.4) is 0 Å². The molecule has 2 unspecified atom stereocenters. The summed E-state index contributed by atoms with van der Waals surface area (Å²) in [6, 6.07) is 0.396. The van der Waals surface area contributed by atoms with Crippen LogP contribution in [0.15, 0.2) is 0 Å². The molecule has 0 aromatic heterocycles. The molecule has 18 heavy (non-hydrogen) atoms. The summed E-state index contributed by atoms with van der Waals surface area (Å²) in [6.45, 7) is 2.15. The van der Waals surface area contributed by atoms with E-state index >= 15 is 0 Å². The van der Waals surface area contributed by atoms with Crippen LogP contribution in [0.25, 0.3) is 0 Å². The summed E-state index contributed by atoms with van der Waals surface area (Å²) in [5.41, 5.74) is 0. The highest BCUT2D eigenvalue weighted by atomic mass is 16.2. The number of carbonyl (C=O) groups excluding carboxylic acids is 2. The van der Waals surface area contributed by atoms with Crippen molar-refractivity contribution in [1.29, 1.82) is 0 Å². The molecule has 2 aliphatic carbocycles. The van der Waals surface area contributed by atoms with Crippen LogP contribution in [0, 0.1) is 5.92 Å². The van der Waals surface area contributed by atoms with Crippen molar-refractivity contribution in [2.75, 3.05) is 0 Å². The van der Waals surface area contributed by atoms with Gasteiger partial charge < -0.3 is 10.6 Å². The second kappa shape index (κ2) is 6.21. The van der Waals surface area contributed by atoms with E-state index in [1.54, 1.807) is 0 Å². The fraction of sp³-hybridized carbons (Fsp3) is 0.857. The van der Waals surface area contributed by atoms with E-state index in [0.717, 1.165) is 44.9 Å². The number of hydrogen-bond donors (Lipinski definition) is 2. The molecule has 0 saturated heterocycles. The number of hydrogen-bond acceptors (Lipinski definition) is 2. The van der Waals surface area contributed by atoms with E-state index in [-0.39, 0.29) is 12.1 Å². The van der Waals surface area contributed by atoms with Crippen molar-refractivity contribution < 1.29 is 9.59 Å². The van der Waals surface area contributed by atoms with Gasteiger partial charge in [-0.1, -0.05) is 32.6 Å². The predicted molar refractivity (Wildman–Crippen MR) is 70.0 cm³/mol.